The van der Waals surface area contributed by atoms with Gasteiger partial charge in [0.1, 0.15) is 5.75 Å². The summed E-state index contributed by atoms with van der Waals surface area (Å²) in [5.41, 5.74) is 1.87. The van der Waals surface area contributed by atoms with Crippen LogP contribution in [0.5, 0.6) is 5.75 Å². The van der Waals surface area contributed by atoms with E-state index in [0.29, 0.717) is 11.5 Å². The highest BCUT2D eigenvalue weighted by Crippen LogP contribution is 2.61. The number of aryl methyl sites for hydroxylation is 1. The number of ether oxygens (including phenoxy) is 2. The molecule has 5 aliphatic rings. The minimum atomic E-state index is -0.0631. The van der Waals surface area contributed by atoms with Crippen molar-refractivity contribution in [3.05, 3.63) is 29.8 Å². The fourth-order valence-corrected chi connectivity index (χ4v) is 7.38. The van der Waals surface area contributed by atoms with Gasteiger partial charge in [-0.25, -0.2) is 0 Å². The van der Waals surface area contributed by atoms with Crippen molar-refractivity contribution in [3.63, 3.8) is 0 Å². The van der Waals surface area contributed by atoms with E-state index >= 15 is 0 Å². The standard InChI is InChI=1S/C26H38O2/c1-2-19-8-10-24(11-9-19)28-25(27-23-6-4-3-5-7-23)18-26-15-20-12-21(16-26)14-22(13-20)17-26/h8-11,20-23,25H,2-7,12-18H2,1H3. The van der Waals surface area contributed by atoms with E-state index in [1.807, 2.05) is 0 Å². The van der Waals surface area contributed by atoms with Gasteiger partial charge in [0.25, 0.3) is 0 Å². The molecule has 2 nitrogen and oxygen atoms in total. The van der Waals surface area contributed by atoms with Crippen molar-refractivity contribution in [1.82, 2.24) is 0 Å². The molecule has 1 aromatic carbocycles. The van der Waals surface area contributed by atoms with E-state index in [0.717, 1.165) is 36.3 Å². The normalized spacial score (nSPS) is 35.8. The van der Waals surface area contributed by atoms with Gasteiger partial charge in [-0.3, -0.25) is 0 Å². The molecule has 0 aromatic heterocycles. The topological polar surface area (TPSA) is 18.5 Å². The first-order valence-electron chi connectivity index (χ1n) is 12.1. The maximum absolute atomic E-state index is 6.67. The second-order valence-electron chi connectivity index (χ2n) is 10.6. The van der Waals surface area contributed by atoms with Gasteiger partial charge >= 0.3 is 0 Å². The van der Waals surface area contributed by atoms with Gasteiger partial charge in [0.2, 0.25) is 6.29 Å². The molecule has 28 heavy (non-hydrogen) atoms. The molecule has 0 saturated heterocycles. The minimum absolute atomic E-state index is 0.0631. The fourth-order valence-electron chi connectivity index (χ4n) is 7.38. The third-order valence-electron chi connectivity index (χ3n) is 8.26. The molecule has 4 bridgehead atoms. The fraction of sp³-hybridized carbons (Fsp3) is 0.769. The van der Waals surface area contributed by atoms with E-state index in [1.54, 1.807) is 0 Å². The van der Waals surface area contributed by atoms with Crippen molar-refractivity contribution < 1.29 is 9.47 Å². The van der Waals surface area contributed by atoms with Crippen molar-refractivity contribution in [2.24, 2.45) is 23.2 Å². The van der Waals surface area contributed by atoms with Gasteiger partial charge in [-0.1, -0.05) is 38.3 Å². The van der Waals surface area contributed by atoms with Crippen LogP contribution in [0.2, 0.25) is 0 Å². The second-order valence-corrected chi connectivity index (χ2v) is 10.6. The Morgan fingerprint density at radius 1 is 0.893 bits per heavy atom. The molecule has 154 valence electrons. The molecule has 1 unspecified atom stereocenters. The molecule has 1 aromatic rings. The quantitative estimate of drug-likeness (QED) is 0.477. The zero-order chi connectivity index (χ0) is 19.0. The number of hydrogen-bond acceptors (Lipinski definition) is 2. The summed E-state index contributed by atoms with van der Waals surface area (Å²) >= 11 is 0. The van der Waals surface area contributed by atoms with Crippen LogP contribution in [0.15, 0.2) is 24.3 Å². The molecular weight excluding hydrogens is 344 g/mol. The van der Waals surface area contributed by atoms with E-state index < -0.39 is 0 Å². The summed E-state index contributed by atoms with van der Waals surface area (Å²) in [6.07, 6.45) is 17.8. The highest BCUT2D eigenvalue weighted by molar-refractivity contribution is 5.27. The smallest absolute Gasteiger partial charge is 0.200 e. The van der Waals surface area contributed by atoms with Crippen molar-refractivity contribution in [3.8, 4) is 5.75 Å². The molecule has 2 heteroatoms. The third-order valence-corrected chi connectivity index (χ3v) is 8.26. The van der Waals surface area contributed by atoms with Crippen LogP contribution in [-0.2, 0) is 11.2 Å². The monoisotopic (exact) mass is 382 g/mol. The molecule has 0 radical (unpaired) electrons. The van der Waals surface area contributed by atoms with Crippen LogP contribution in [-0.4, -0.2) is 12.4 Å². The Morgan fingerprint density at radius 2 is 1.50 bits per heavy atom. The van der Waals surface area contributed by atoms with E-state index in [1.165, 1.54) is 76.2 Å². The van der Waals surface area contributed by atoms with Crippen molar-refractivity contribution >= 4 is 0 Å². The summed E-state index contributed by atoms with van der Waals surface area (Å²) < 4.78 is 13.2. The number of benzene rings is 1. The lowest BCUT2D eigenvalue weighted by Crippen LogP contribution is -2.48. The van der Waals surface area contributed by atoms with Crippen LogP contribution >= 0.6 is 0 Å². The van der Waals surface area contributed by atoms with E-state index in [9.17, 15) is 0 Å². The highest BCUT2D eigenvalue weighted by Gasteiger charge is 2.52. The molecule has 5 fully saturated rings. The molecular formula is C26H38O2. The van der Waals surface area contributed by atoms with E-state index in [-0.39, 0.29) is 6.29 Å². The maximum atomic E-state index is 6.67. The first-order valence-corrected chi connectivity index (χ1v) is 12.1. The van der Waals surface area contributed by atoms with Crippen LogP contribution in [0.1, 0.15) is 89.5 Å². The van der Waals surface area contributed by atoms with E-state index in [2.05, 4.69) is 31.2 Å². The van der Waals surface area contributed by atoms with Crippen LogP contribution in [0.3, 0.4) is 0 Å². The third kappa shape index (κ3) is 4.13. The van der Waals surface area contributed by atoms with Crippen LogP contribution in [0.4, 0.5) is 0 Å². The van der Waals surface area contributed by atoms with Crippen molar-refractivity contribution in [2.45, 2.75) is 103 Å². The molecule has 0 heterocycles. The Kier molecular flexibility index (Phi) is 5.43. The minimum Gasteiger partial charge on any atom is -0.465 e. The predicted molar refractivity (Wildman–Crippen MR) is 113 cm³/mol. The molecule has 5 aliphatic carbocycles. The van der Waals surface area contributed by atoms with Gasteiger partial charge in [-0.15, -0.1) is 0 Å². The molecule has 0 spiro atoms. The summed E-state index contributed by atoms with van der Waals surface area (Å²) in [6, 6.07) is 8.71. The SMILES string of the molecule is CCc1ccc(OC(CC23CC4CC(CC(C4)C2)C3)OC2CCCCC2)cc1. The Bertz CT molecular complexity index is 608. The molecule has 5 saturated carbocycles. The van der Waals surface area contributed by atoms with Gasteiger partial charge in [-0.05, 0) is 98.7 Å². The lowest BCUT2D eigenvalue weighted by molar-refractivity contribution is -0.169. The zero-order valence-electron chi connectivity index (χ0n) is 17.7. The number of hydrogen-bond donors (Lipinski definition) is 0. The first kappa shape index (κ1) is 19.0. The predicted octanol–water partition coefficient (Wildman–Crippen LogP) is 6.91. The van der Waals surface area contributed by atoms with Crippen molar-refractivity contribution in [2.75, 3.05) is 0 Å². The Balaban J connectivity index is 1.31. The molecule has 0 N–H and O–H groups in total. The van der Waals surface area contributed by atoms with E-state index in [4.69, 9.17) is 9.47 Å². The second kappa shape index (κ2) is 8.01. The van der Waals surface area contributed by atoms with Gasteiger partial charge in [0.05, 0.1) is 6.10 Å². The summed E-state index contributed by atoms with van der Waals surface area (Å²) in [6.45, 7) is 2.21. The zero-order valence-corrected chi connectivity index (χ0v) is 17.7. The number of rotatable bonds is 7. The van der Waals surface area contributed by atoms with Gasteiger partial charge in [0.15, 0.2) is 0 Å². The Hall–Kier alpha value is -1.02. The van der Waals surface area contributed by atoms with Crippen LogP contribution in [0, 0.1) is 23.2 Å². The van der Waals surface area contributed by atoms with Gasteiger partial charge in [0, 0.05) is 6.42 Å². The summed E-state index contributed by atoms with van der Waals surface area (Å²) in [7, 11) is 0. The maximum Gasteiger partial charge on any atom is 0.200 e. The summed E-state index contributed by atoms with van der Waals surface area (Å²) in [5.74, 6) is 3.96. The Labute approximate surface area is 171 Å². The van der Waals surface area contributed by atoms with Crippen LogP contribution in [0.25, 0.3) is 0 Å². The summed E-state index contributed by atoms with van der Waals surface area (Å²) in [5, 5.41) is 0. The van der Waals surface area contributed by atoms with Gasteiger partial charge in [-0.2, -0.15) is 0 Å². The average molecular weight is 383 g/mol. The molecule has 1 atom stereocenters. The highest BCUT2D eigenvalue weighted by atomic mass is 16.7. The van der Waals surface area contributed by atoms with Crippen LogP contribution < -0.4 is 4.74 Å². The Morgan fingerprint density at radius 3 is 2.07 bits per heavy atom. The first-order chi connectivity index (χ1) is 13.7. The van der Waals surface area contributed by atoms with Gasteiger partial charge < -0.3 is 9.47 Å². The molecule has 0 aliphatic heterocycles. The lowest BCUT2D eigenvalue weighted by Gasteiger charge is -2.57. The molecule has 6 rings (SSSR count). The average Bonchev–Trinajstić information content (AvgIpc) is 2.68. The summed E-state index contributed by atoms with van der Waals surface area (Å²) in [4.78, 5) is 0. The largest absolute Gasteiger partial charge is 0.465 e. The lowest BCUT2D eigenvalue weighted by atomic mass is 9.49. The molecule has 0 amide bonds. The van der Waals surface area contributed by atoms with Crippen molar-refractivity contribution in [1.29, 1.82) is 0 Å².